The SMILES string of the molecule is CCCCNC(=O)N(CC)C1(CN)CCCCC1. The summed E-state index contributed by atoms with van der Waals surface area (Å²) in [5, 5.41) is 3.02. The Labute approximate surface area is 111 Å². The van der Waals surface area contributed by atoms with Crippen LogP contribution in [0.2, 0.25) is 0 Å². The van der Waals surface area contributed by atoms with E-state index < -0.39 is 0 Å². The van der Waals surface area contributed by atoms with Crippen LogP contribution in [-0.2, 0) is 0 Å². The summed E-state index contributed by atoms with van der Waals surface area (Å²) < 4.78 is 0. The summed E-state index contributed by atoms with van der Waals surface area (Å²) in [6.45, 7) is 6.28. The van der Waals surface area contributed by atoms with Crippen LogP contribution in [0, 0.1) is 0 Å². The molecule has 0 unspecified atom stereocenters. The average molecular weight is 255 g/mol. The van der Waals surface area contributed by atoms with E-state index in [1.54, 1.807) is 0 Å². The van der Waals surface area contributed by atoms with Crippen molar-refractivity contribution >= 4 is 6.03 Å². The van der Waals surface area contributed by atoms with Gasteiger partial charge >= 0.3 is 6.03 Å². The van der Waals surface area contributed by atoms with Crippen LogP contribution >= 0.6 is 0 Å². The number of hydrogen-bond donors (Lipinski definition) is 2. The molecule has 0 radical (unpaired) electrons. The molecule has 0 aromatic heterocycles. The van der Waals surface area contributed by atoms with Crippen LogP contribution in [-0.4, -0.2) is 36.1 Å². The molecule has 18 heavy (non-hydrogen) atoms. The third kappa shape index (κ3) is 3.61. The number of nitrogens with zero attached hydrogens (tertiary/aromatic N) is 1. The Bertz CT molecular complexity index is 249. The number of urea groups is 1. The maximum atomic E-state index is 12.3. The van der Waals surface area contributed by atoms with Gasteiger partial charge in [0.25, 0.3) is 0 Å². The first-order valence-electron chi connectivity index (χ1n) is 7.45. The Morgan fingerprint density at radius 1 is 1.28 bits per heavy atom. The smallest absolute Gasteiger partial charge is 0.317 e. The molecule has 0 saturated heterocycles. The van der Waals surface area contributed by atoms with Crippen molar-refractivity contribution in [3.8, 4) is 0 Å². The largest absolute Gasteiger partial charge is 0.338 e. The molecule has 1 rings (SSSR count). The van der Waals surface area contributed by atoms with Gasteiger partial charge in [-0.05, 0) is 26.2 Å². The number of unbranched alkanes of at least 4 members (excludes halogenated alkanes) is 1. The molecule has 0 atom stereocenters. The van der Waals surface area contributed by atoms with Gasteiger partial charge in [0.1, 0.15) is 0 Å². The van der Waals surface area contributed by atoms with Crippen LogP contribution < -0.4 is 11.1 Å². The van der Waals surface area contributed by atoms with Crippen LogP contribution in [0.25, 0.3) is 0 Å². The van der Waals surface area contributed by atoms with E-state index in [9.17, 15) is 4.79 Å². The molecule has 1 aliphatic rings. The predicted octanol–water partition coefficient (Wildman–Crippen LogP) is 2.48. The highest BCUT2D eigenvalue weighted by Crippen LogP contribution is 2.32. The summed E-state index contributed by atoms with van der Waals surface area (Å²) in [5.74, 6) is 0. The zero-order valence-corrected chi connectivity index (χ0v) is 12.0. The monoisotopic (exact) mass is 255 g/mol. The van der Waals surface area contributed by atoms with Gasteiger partial charge in [0.15, 0.2) is 0 Å². The van der Waals surface area contributed by atoms with Crippen molar-refractivity contribution in [3.05, 3.63) is 0 Å². The van der Waals surface area contributed by atoms with Crippen LogP contribution in [0.15, 0.2) is 0 Å². The Kier molecular flexibility index (Phi) is 6.47. The van der Waals surface area contributed by atoms with E-state index in [1.807, 2.05) is 11.8 Å². The van der Waals surface area contributed by atoms with Gasteiger partial charge in [-0.3, -0.25) is 0 Å². The Morgan fingerprint density at radius 3 is 2.44 bits per heavy atom. The Balaban J connectivity index is 2.63. The summed E-state index contributed by atoms with van der Waals surface area (Å²) >= 11 is 0. The number of likely N-dealkylation sites (N-methyl/N-ethyl adjacent to an activating group) is 1. The van der Waals surface area contributed by atoms with E-state index in [0.717, 1.165) is 38.8 Å². The average Bonchev–Trinajstić information content (AvgIpc) is 2.41. The topological polar surface area (TPSA) is 58.4 Å². The van der Waals surface area contributed by atoms with Crippen molar-refractivity contribution in [1.29, 1.82) is 0 Å². The lowest BCUT2D eigenvalue weighted by atomic mass is 9.80. The highest BCUT2D eigenvalue weighted by atomic mass is 16.2. The minimum Gasteiger partial charge on any atom is -0.338 e. The zero-order chi connectivity index (χ0) is 13.4. The summed E-state index contributed by atoms with van der Waals surface area (Å²) in [7, 11) is 0. The highest BCUT2D eigenvalue weighted by molar-refractivity contribution is 5.75. The van der Waals surface area contributed by atoms with E-state index in [2.05, 4.69) is 12.2 Å². The molecule has 1 fully saturated rings. The second-order valence-electron chi connectivity index (χ2n) is 5.32. The summed E-state index contributed by atoms with van der Waals surface area (Å²) in [5.41, 5.74) is 5.89. The van der Waals surface area contributed by atoms with E-state index in [0.29, 0.717) is 6.54 Å². The maximum Gasteiger partial charge on any atom is 0.317 e. The molecule has 4 nitrogen and oxygen atoms in total. The molecular weight excluding hydrogens is 226 g/mol. The summed E-state index contributed by atoms with van der Waals surface area (Å²) in [4.78, 5) is 14.2. The molecular formula is C14H29N3O. The van der Waals surface area contributed by atoms with Crippen LogP contribution in [0.3, 0.4) is 0 Å². The molecule has 0 bridgehead atoms. The van der Waals surface area contributed by atoms with Gasteiger partial charge in [0.05, 0.1) is 5.54 Å². The lowest BCUT2D eigenvalue weighted by Gasteiger charge is -2.45. The fourth-order valence-electron chi connectivity index (χ4n) is 2.96. The fourth-order valence-corrected chi connectivity index (χ4v) is 2.96. The van der Waals surface area contributed by atoms with Crippen LogP contribution in [0.4, 0.5) is 4.79 Å². The predicted molar refractivity (Wildman–Crippen MR) is 75.6 cm³/mol. The maximum absolute atomic E-state index is 12.3. The molecule has 0 spiro atoms. The molecule has 106 valence electrons. The van der Waals surface area contributed by atoms with E-state index >= 15 is 0 Å². The van der Waals surface area contributed by atoms with Crippen molar-refractivity contribution in [3.63, 3.8) is 0 Å². The van der Waals surface area contributed by atoms with Crippen molar-refractivity contribution in [2.75, 3.05) is 19.6 Å². The first kappa shape index (κ1) is 15.3. The number of carbonyl (C=O) groups excluding carboxylic acids is 1. The number of amides is 2. The molecule has 1 saturated carbocycles. The normalized spacial score (nSPS) is 18.4. The minimum absolute atomic E-state index is 0.0679. The van der Waals surface area contributed by atoms with Crippen LogP contribution in [0.1, 0.15) is 58.8 Å². The summed E-state index contributed by atoms with van der Waals surface area (Å²) in [6.07, 6.45) is 7.91. The van der Waals surface area contributed by atoms with Gasteiger partial charge in [-0.2, -0.15) is 0 Å². The lowest BCUT2D eigenvalue weighted by molar-refractivity contribution is 0.0877. The number of nitrogens with two attached hydrogens (primary N) is 1. The third-order valence-electron chi connectivity index (χ3n) is 4.10. The molecule has 2 amide bonds. The van der Waals surface area contributed by atoms with Gasteiger partial charge in [-0.1, -0.05) is 32.6 Å². The van der Waals surface area contributed by atoms with Crippen molar-refractivity contribution in [2.45, 2.75) is 64.3 Å². The Morgan fingerprint density at radius 2 is 1.94 bits per heavy atom. The molecule has 1 aliphatic carbocycles. The van der Waals surface area contributed by atoms with Gasteiger partial charge in [-0.15, -0.1) is 0 Å². The minimum atomic E-state index is -0.0940. The van der Waals surface area contributed by atoms with E-state index in [-0.39, 0.29) is 11.6 Å². The van der Waals surface area contributed by atoms with Crippen LogP contribution in [0.5, 0.6) is 0 Å². The van der Waals surface area contributed by atoms with Gasteiger partial charge in [0, 0.05) is 19.6 Å². The lowest BCUT2D eigenvalue weighted by Crippen LogP contribution is -2.59. The summed E-state index contributed by atoms with van der Waals surface area (Å²) in [6, 6.07) is 0.0679. The number of carbonyl (C=O) groups is 1. The molecule has 4 heteroatoms. The second kappa shape index (κ2) is 7.62. The van der Waals surface area contributed by atoms with Gasteiger partial charge in [-0.25, -0.2) is 4.79 Å². The molecule has 0 aliphatic heterocycles. The zero-order valence-electron chi connectivity index (χ0n) is 12.0. The molecule has 0 aromatic rings. The van der Waals surface area contributed by atoms with Crippen molar-refractivity contribution < 1.29 is 4.79 Å². The molecule has 0 heterocycles. The fraction of sp³-hybridized carbons (Fsp3) is 0.929. The van der Waals surface area contributed by atoms with Gasteiger partial charge < -0.3 is 16.0 Å². The third-order valence-corrected chi connectivity index (χ3v) is 4.10. The number of nitrogens with one attached hydrogen (secondary N) is 1. The number of rotatable bonds is 6. The molecule has 0 aromatic carbocycles. The van der Waals surface area contributed by atoms with Gasteiger partial charge in [0.2, 0.25) is 0 Å². The standard InChI is InChI=1S/C14H29N3O/c1-3-5-11-16-13(18)17(4-2)14(12-15)9-7-6-8-10-14/h3-12,15H2,1-2H3,(H,16,18). The first-order valence-corrected chi connectivity index (χ1v) is 7.45. The highest BCUT2D eigenvalue weighted by Gasteiger charge is 2.38. The van der Waals surface area contributed by atoms with Crippen molar-refractivity contribution in [2.24, 2.45) is 5.73 Å². The number of hydrogen-bond acceptors (Lipinski definition) is 2. The first-order chi connectivity index (χ1) is 8.70. The second-order valence-corrected chi connectivity index (χ2v) is 5.32. The van der Waals surface area contributed by atoms with E-state index in [1.165, 1.54) is 19.3 Å². The van der Waals surface area contributed by atoms with E-state index in [4.69, 9.17) is 5.73 Å². The quantitative estimate of drug-likeness (QED) is 0.716. The molecule has 3 N–H and O–H groups in total. The Hall–Kier alpha value is -0.770. The van der Waals surface area contributed by atoms with Crippen molar-refractivity contribution in [1.82, 2.24) is 10.2 Å².